The van der Waals surface area contributed by atoms with Gasteiger partial charge in [-0.1, -0.05) is 23.7 Å². The summed E-state index contributed by atoms with van der Waals surface area (Å²) in [5.74, 6) is -1.44. The van der Waals surface area contributed by atoms with Crippen LogP contribution >= 0.6 is 11.6 Å². The zero-order chi connectivity index (χ0) is 18.7. The third kappa shape index (κ3) is 3.88. The van der Waals surface area contributed by atoms with Crippen LogP contribution in [0.3, 0.4) is 0 Å². The van der Waals surface area contributed by atoms with Crippen LogP contribution in [0, 0.1) is 11.7 Å². The van der Waals surface area contributed by atoms with Gasteiger partial charge in [0.2, 0.25) is 11.8 Å². The summed E-state index contributed by atoms with van der Waals surface area (Å²) in [7, 11) is 0. The standard InChI is InChI=1S/C20H20ClFN2O2/c1-2-23(13-14-4-3-5-16(22)12-14)19(25)18-10-11-24(20(18)26)17-8-6-15(21)7-9-17/h3-9,12,18H,2,10-11,13H2,1H3. The number of benzene rings is 2. The minimum atomic E-state index is -0.695. The molecule has 0 bridgehead atoms. The minimum absolute atomic E-state index is 0.199. The van der Waals surface area contributed by atoms with Crippen LogP contribution < -0.4 is 4.90 Å². The smallest absolute Gasteiger partial charge is 0.239 e. The van der Waals surface area contributed by atoms with E-state index in [0.29, 0.717) is 30.1 Å². The summed E-state index contributed by atoms with van der Waals surface area (Å²) in [5.41, 5.74) is 1.45. The zero-order valence-electron chi connectivity index (χ0n) is 14.5. The van der Waals surface area contributed by atoms with Crippen LogP contribution in [-0.2, 0) is 16.1 Å². The maximum atomic E-state index is 13.4. The van der Waals surface area contributed by atoms with Crippen LogP contribution in [0.5, 0.6) is 0 Å². The van der Waals surface area contributed by atoms with E-state index in [1.807, 2.05) is 6.92 Å². The molecule has 0 aliphatic carbocycles. The Morgan fingerprint density at radius 2 is 2.00 bits per heavy atom. The molecular formula is C20H20ClFN2O2. The summed E-state index contributed by atoms with van der Waals surface area (Å²) in [6.45, 7) is 3.10. The van der Waals surface area contributed by atoms with Crippen molar-refractivity contribution in [2.24, 2.45) is 5.92 Å². The average Bonchev–Trinajstić information content (AvgIpc) is 3.01. The lowest BCUT2D eigenvalue weighted by atomic mass is 10.1. The molecule has 1 aliphatic heterocycles. The van der Waals surface area contributed by atoms with E-state index in [1.165, 1.54) is 12.1 Å². The number of amides is 2. The van der Waals surface area contributed by atoms with Crippen molar-refractivity contribution >= 4 is 29.1 Å². The van der Waals surface area contributed by atoms with Crippen LogP contribution in [0.1, 0.15) is 18.9 Å². The van der Waals surface area contributed by atoms with Gasteiger partial charge in [0.25, 0.3) is 0 Å². The highest BCUT2D eigenvalue weighted by Crippen LogP contribution is 2.28. The van der Waals surface area contributed by atoms with Crippen molar-refractivity contribution in [2.45, 2.75) is 19.9 Å². The van der Waals surface area contributed by atoms with Gasteiger partial charge in [-0.15, -0.1) is 0 Å². The molecule has 1 heterocycles. The number of hydrogen-bond donors (Lipinski definition) is 0. The van der Waals surface area contributed by atoms with Crippen LogP contribution in [0.2, 0.25) is 5.02 Å². The molecule has 1 aliphatic rings. The van der Waals surface area contributed by atoms with E-state index in [-0.39, 0.29) is 24.2 Å². The lowest BCUT2D eigenvalue weighted by Crippen LogP contribution is -2.39. The Balaban J connectivity index is 1.72. The van der Waals surface area contributed by atoms with Gasteiger partial charge in [-0.25, -0.2) is 4.39 Å². The van der Waals surface area contributed by atoms with Crippen molar-refractivity contribution < 1.29 is 14.0 Å². The molecule has 1 fully saturated rings. The maximum absolute atomic E-state index is 13.4. The Hall–Kier alpha value is -2.40. The zero-order valence-corrected chi connectivity index (χ0v) is 15.2. The van der Waals surface area contributed by atoms with Gasteiger partial charge in [0.15, 0.2) is 0 Å². The first-order chi connectivity index (χ1) is 12.5. The average molecular weight is 375 g/mol. The molecule has 0 spiro atoms. The summed E-state index contributed by atoms with van der Waals surface area (Å²) in [4.78, 5) is 28.8. The van der Waals surface area contributed by atoms with E-state index in [0.717, 1.165) is 5.69 Å². The van der Waals surface area contributed by atoms with E-state index >= 15 is 0 Å². The fourth-order valence-corrected chi connectivity index (χ4v) is 3.33. The molecule has 0 aromatic heterocycles. The van der Waals surface area contributed by atoms with Gasteiger partial charge in [0.05, 0.1) is 0 Å². The molecule has 0 saturated carbocycles. The van der Waals surface area contributed by atoms with Crippen molar-refractivity contribution in [3.8, 4) is 0 Å². The van der Waals surface area contributed by atoms with E-state index in [4.69, 9.17) is 11.6 Å². The molecule has 2 aromatic rings. The number of carbonyl (C=O) groups is 2. The first-order valence-electron chi connectivity index (χ1n) is 8.59. The van der Waals surface area contributed by atoms with Gasteiger partial charge in [-0.3, -0.25) is 9.59 Å². The molecular weight excluding hydrogens is 355 g/mol. The molecule has 1 unspecified atom stereocenters. The Morgan fingerprint density at radius 3 is 2.65 bits per heavy atom. The Labute approximate surface area is 157 Å². The monoisotopic (exact) mass is 374 g/mol. The Bertz CT molecular complexity index is 810. The quantitative estimate of drug-likeness (QED) is 0.745. The van der Waals surface area contributed by atoms with E-state index < -0.39 is 5.92 Å². The molecule has 4 nitrogen and oxygen atoms in total. The number of carbonyl (C=O) groups excluding carboxylic acids is 2. The normalized spacial score (nSPS) is 16.8. The number of halogens is 2. The van der Waals surface area contributed by atoms with Crippen molar-refractivity contribution in [1.82, 2.24) is 4.90 Å². The number of hydrogen-bond acceptors (Lipinski definition) is 2. The second-order valence-electron chi connectivity index (χ2n) is 6.29. The van der Waals surface area contributed by atoms with Crippen molar-refractivity contribution in [3.63, 3.8) is 0 Å². The van der Waals surface area contributed by atoms with E-state index in [1.54, 1.807) is 46.2 Å². The number of rotatable bonds is 5. The van der Waals surface area contributed by atoms with E-state index in [9.17, 15) is 14.0 Å². The van der Waals surface area contributed by atoms with Crippen LogP contribution in [0.15, 0.2) is 48.5 Å². The fourth-order valence-electron chi connectivity index (χ4n) is 3.21. The minimum Gasteiger partial charge on any atom is -0.338 e. The van der Waals surface area contributed by atoms with Gasteiger partial charge in [-0.05, 0) is 55.3 Å². The predicted octanol–water partition coefficient (Wildman–Crippen LogP) is 3.88. The highest BCUT2D eigenvalue weighted by atomic mass is 35.5. The van der Waals surface area contributed by atoms with Gasteiger partial charge in [0.1, 0.15) is 11.7 Å². The molecule has 6 heteroatoms. The molecule has 1 atom stereocenters. The van der Waals surface area contributed by atoms with Crippen molar-refractivity contribution in [1.29, 1.82) is 0 Å². The molecule has 1 saturated heterocycles. The maximum Gasteiger partial charge on any atom is 0.239 e. The molecule has 2 aromatic carbocycles. The topological polar surface area (TPSA) is 40.6 Å². The highest BCUT2D eigenvalue weighted by Gasteiger charge is 2.39. The predicted molar refractivity (Wildman–Crippen MR) is 99.4 cm³/mol. The summed E-state index contributed by atoms with van der Waals surface area (Å²) >= 11 is 5.89. The summed E-state index contributed by atoms with van der Waals surface area (Å²) in [6, 6.07) is 13.2. The first kappa shape index (κ1) is 18.4. The Kier molecular flexibility index (Phi) is 5.57. The largest absolute Gasteiger partial charge is 0.338 e. The summed E-state index contributed by atoms with van der Waals surface area (Å²) in [6.07, 6.45) is 0.472. The van der Waals surface area contributed by atoms with Crippen LogP contribution in [0.25, 0.3) is 0 Å². The molecule has 2 amide bonds. The number of nitrogens with zero attached hydrogens (tertiary/aromatic N) is 2. The highest BCUT2D eigenvalue weighted by molar-refractivity contribution is 6.30. The molecule has 3 rings (SSSR count). The van der Waals surface area contributed by atoms with Crippen molar-refractivity contribution in [2.75, 3.05) is 18.0 Å². The first-order valence-corrected chi connectivity index (χ1v) is 8.97. The fraction of sp³-hybridized carbons (Fsp3) is 0.300. The lowest BCUT2D eigenvalue weighted by Gasteiger charge is -2.24. The SMILES string of the molecule is CCN(Cc1cccc(F)c1)C(=O)C1CCN(c2ccc(Cl)cc2)C1=O. The molecule has 0 N–H and O–H groups in total. The van der Waals surface area contributed by atoms with Gasteiger partial charge >= 0.3 is 0 Å². The third-order valence-electron chi connectivity index (χ3n) is 4.60. The molecule has 26 heavy (non-hydrogen) atoms. The van der Waals surface area contributed by atoms with Crippen LogP contribution in [0.4, 0.5) is 10.1 Å². The third-order valence-corrected chi connectivity index (χ3v) is 4.85. The summed E-state index contributed by atoms with van der Waals surface area (Å²) in [5, 5.41) is 0.597. The Morgan fingerprint density at radius 1 is 1.27 bits per heavy atom. The number of anilines is 1. The van der Waals surface area contributed by atoms with Gasteiger partial charge < -0.3 is 9.80 Å². The van der Waals surface area contributed by atoms with Crippen molar-refractivity contribution in [3.05, 3.63) is 64.9 Å². The lowest BCUT2D eigenvalue weighted by molar-refractivity contribution is -0.140. The van der Waals surface area contributed by atoms with Gasteiger partial charge in [0, 0.05) is 30.3 Å². The molecule has 136 valence electrons. The molecule has 0 radical (unpaired) electrons. The summed E-state index contributed by atoms with van der Waals surface area (Å²) < 4.78 is 13.4. The second kappa shape index (κ2) is 7.87. The second-order valence-corrected chi connectivity index (χ2v) is 6.73. The van der Waals surface area contributed by atoms with Crippen LogP contribution in [-0.4, -0.2) is 29.8 Å². The van der Waals surface area contributed by atoms with E-state index in [2.05, 4.69) is 0 Å². The van der Waals surface area contributed by atoms with Gasteiger partial charge in [-0.2, -0.15) is 0 Å².